The predicted octanol–water partition coefficient (Wildman–Crippen LogP) is 6.01. The van der Waals surface area contributed by atoms with Crippen molar-refractivity contribution in [1.29, 1.82) is 0 Å². The van der Waals surface area contributed by atoms with Crippen molar-refractivity contribution in [1.82, 2.24) is 9.66 Å². The summed E-state index contributed by atoms with van der Waals surface area (Å²) in [6.07, 6.45) is 0.951. The molecule has 0 unspecified atom stereocenters. The van der Waals surface area contributed by atoms with Crippen LogP contribution in [0.15, 0.2) is 64.5 Å². The quantitative estimate of drug-likeness (QED) is 0.0902. The third kappa shape index (κ3) is 7.06. The number of aromatic nitrogens is 2. The molecule has 4 rings (SSSR count). The summed E-state index contributed by atoms with van der Waals surface area (Å²) in [5.41, 5.74) is 2.49. The Balaban J connectivity index is 1.89. The first kappa shape index (κ1) is 30.9. The van der Waals surface area contributed by atoms with Crippen LogP contribution in [0.2, 0.25) is 0 Å². The van der Waals surface area contributed by atoms with Gasteiger partial charge in [0.25, 0.3) is 11.2 Å². The Bertz CT molecular complexity index is 1760. The van der Waals surface area contributed by atoms with Gasteiger partial charge in [-0.05, 0) is 75.1 Å². The average Bonchev–Trinajstić information content (AvgIpc) is 2.95. The Labute approximate surface area is 248 Å². The van der Waals surface area contributed by atoms with E-state index in [1.807, 2.05) is 26.0 Å². The second kappa shape index (κ2) is 13.3. The molecule has 0 atom stereocenters. The Morgan fingerprint density at radius 2 is 1.81 bits per heavy atom. The van der Waals surface area contributed by atoms with Crippen molar-refractivity contribution in [2.75, 3.05) is 13.2 Å². The molecule has 3 aromatic carbocycles. The lowest BCUT2D eigenvalue weighted by Gasteiger charge is -2.18. The largest absolute Gasteiger partial charge is 0.494 e. The number of esters is 1. The van der Waals surface area contributed by atoms with Gasteiger partial charge in [0.15, 0.2) is 12.4 Å². The van der Waals surface area contributed by atoms with Crippen LogP contribution in [0.3, 0.4) is 0 Å². The van der Waals surface area contributed by atoms with Gasteiger partial charge in [-0.3, -0.25) is 14.9 Å². The molecule has 0 saturated carbocycles. The molecule has 224 valence electrons. The fourth-order valence-corrected chi connectivity index (χ4v) is 4.51. The van der Waals surface area contributed by atoms with Gasteiger partial charge in [0, 0.05) is 23.3 Å². The van der Waals surface area contributed by atoms with Crippen LogP contribution in [-0.4, -0.2) is 46.1 Å². The summed E-state index contributed by atoms with van der Waals surface area (Å²) in [6.45, 7) is 11.4. The van der Waals surface area contributed by atoms with E-state index in [0.29, 0.717) is 23.1 Å². The average molecular weight is 587 g/mol. The van der Waals surface area contributed by atoms with Crippen molar-refractivity contribution < 1.29 is 23.9 Å². The third-order valence-electron chi connectivity index (χ3n) is 6.50. The molecule has 0 amide bonds. The number of nitrogens with zero attached hydrogens (tertiary/aromatic N) is 4. The highest BCUT2D eigenvalue weighted by Crippen LogP contribution is 2.34. The van der Waals surface area contributed by atoms with Crippen LogP contribution >= 0.6 is 0 Å². The zero-order valence-corrected chi connectivity index (χ0v) is 25.0. The summed E-state index contributed by atoms with van der Waals surface area (Å²) in [5, 5.41) is 16.4. The molecule has 43 heavy (non-hydrogen) atoms. The molecule has 0 fully saturated rings. The smallest absolute Gasteiger partial charge is 0.344 e. The molecular formula is C32H34N4O7. The molecule has 4 aromatic rings. The van der Waals surface area contributed by atoms with Crippen LogP contribution in [0, 0.1) is 17.0 Å². The molecule has 1 aromatic heterocycles. The summed E-state index contributed by atoms with van der Waals surface area (Å²) < 4.78 is 17.8. The van der Waals surface area contributed by atoms with E-state index in [-0.39, 0.29) is 34.8 Å². The SMILES string of the molecule is CCOc1cc(C)c(-c2nc3ccccc3c(=O)n2N=Cc2cc([N+](=O)[O-])ccc2OCC(=O)OC(C)C)cc1C(C)C. The lowest BCUT2D eigenvalue weighted by Crippen LogP contribution is -2.21. The van der Waals surface area contributed by atoms with E-state index in [9.17, 15) is 19.7 Å². The summed E-state index contributed by atoms with van der Waals surface area (Å²) >= 11 is 0. The Morgan fingerprint density at radius 3 is 2.49 bits per heavy atom. The molecule has 11 heteroatoms. The van der Waals surface area contributed by atoms with E-state index in [2.05, 4.69) is 18.9 Å². The highest BCUT2D eigenvalue weighted by molar-refractivity contribution is 5.86. The van der Waals surface area contributed by atoms with Gasteiger partial charge in [0.05, 0.1) is 34.8 Å². The van der Waals surface area contributed by atoms with E-state index in [0.717, 1.165) is 16.9 Å². The minimum Gasteiger partial charge on any atom is -0.494 e. The van der Waals surface area contributed by atoms with E-state index in [1.165, 1.54) is 29.1 Å². The maximum atomic E-state index is 13.8. The second-order valence-electron chi connectivity index (χ2n) is 10.4. The van der Waals surface area contributed by atoms with Crippen LogP contribution in [0.4, 0.5) is 5.69 Å². The van der Waals surface area contributed by atoms with Crippen LogP contribution < -0.4 is 15.0 Å². The standard InChI is InChI=1S/C32H34N4O7/c1-7-41-29-14-21(6)26(16-25(29)19(2)3)31-34-27-11-9-8-10-24(27)32(38)35(31)33-17-22-15-23(36(39)40)12-13-28(22)42-18-30(37)43-20(4)5/h8-17,19-20H,7,18H2,1-6H3. The number of aryl methyl sites for hydroxylation is 1. The normalized spacial score (nSPS) is 11.4. The molecule has 0 N–H and O–H groups in total. The third-order valence-corrected chi connectivity index (χ3v) is 6.50. The predicted molar refractivity (Wildman–Crippen MR) is 164 cm³/mol. The summed E-state index contributed by atoms with van der Waals surface area (Å²) in [6, 6.07) is 14.7. The van der Waals surface area contributed by atoms with E-state index >= 15 is 0 Å². The second-order valence-corrected chi connectivity index (χ2v) is 10.4. The van der Waals surface area contributed by atoms with Crippen molar-refractivity contribution >= 4 is 28.8 Å². The zero-order chi connectivity index (χ0) is 31.3. The maximum absolute atomic E-state index is 13.8. The Kier molecular flexibility index (Phi) is 9.54. The number of fused-ring (bicyclic) bond motifs is 1. The van der Waals surface area contributed by atoms with Gasteiger partial charge in [-0.25, -0.2) is 9.78 Å². The monoisotopic (exact) mass is 586 g/mol. The topological polar surface area (TPSA) is 135 Å². The van der Waals surface area contributed by atoms with Crippen LogP contribution in [-0.2, 0) is 9.53 Å². The Hall–Kier alpha value is -5.06. The number of nitro benzene ring substituents is 1. The van der Waals surface area contributed by atoms with Crippen molar-refractivity contribution in [3.63, 3.8) is 0 Å². The molecule has 1 heterocycles. The molecule has 11 nitrogen and oxygen atoms in total. The highest BCUT2D eigenvalue weighted by Gasteiger charge is 2.19. The number of nitro groups is 1. The lowest BCUT2D eigenvalue weighted by atomic mass is 9.96. The number of carbonyl (C=O) groups excluding carboxylic acids is 1. The fourth-order valence-electron chi connectivity index (χ4n) is 4.51. The molecule has 0 radical (unpaired) electrons. The zero-order valence-electron chi connectivity index (χ0n) is 25.0. The van der Waals surface area contributed by atoms with Crippen molar-refractivity contribution in [3.8, 4) is 22.9 Å². The first-order chi connectivity index (χ1) is 20.5. The molecule has 0 spiro atoms. The minimum atomic E-state index is -0.597. The van der Waals surface area contributed by atoms with Gasteiger partial charge < -0.3 is 14.2 Å². The van der Waals surface area contributed by atoms with E-state index in [1.54, 1.807) is 38.1 Å². The molecule has 0 bridgehead atoms. The van der Waals surface area contributed by atoms with Crippen molar-refractivity contribution in [2.24, 2.45) is 5.10 Å². The van der Waals surface area contributed by atoms with Gasteiger partial charge in [0.2, 0.25) is 0 Å². The van der Waals surface area contributed by atoms with E-state index < -0.39 is 23.1 Å². The number of hydrogen-bond acceptors (Lipinski definition) is 9. The summed E-state index contributed by atoms with van der Waals surface area (Å²) in [4.78, 5) is 41.7. The van der Waals surface area contributed by atoms with Crippen molar-refractivity contribution in [3.05, 3.63) is 91.8 Å². The maximum Gasteiger partial charge on any atom is 0.344 e. The molecule has 0 aliphatic carbocycles. The van der Waals surface area contributed by atoms with Gasteiger partial charge in [-0.15, -0.1) is 0 Å². The first-order valence-electron chi connectivity index (χ1n) is 13.9. The number of ether oxygens (including phenoxy) is 3. The fraction of sp³-hybridized carbons (Fsp3) is 0.312. The summed E-state index contributed by atoms with van der Waals surface area (Å²) in [5.74, 6) is 0.720. The van der Waals surface area contributed by atoms with Gasteiger partial charge in [-0.2, -0.15) is 9.78 Å². The van der Waals surface area contributed by atoms with Crippen LogP contribution in [0.25, 0.3) is 22.3 Å². The van der Waals surface area contributed by atoms with Crippen molar-refractivity contribution in [2.45, 2.75) is 53.6 Å². The van der Waals surface area contributed by atoms with Gasteiger partial charge in [-0.1, -0.05) is 26.0 Å². The number of hydrogen-bond donors (Lipinski definition) is 0. The highest BCUT2D eigenvalue weighted by atomic mass is 16.6. The number of benzene rings is 3. The molecule has 0 aliphatic heterocycles. The molecule has 0 saturated heterocycles. The van der Waals surface area contributed by atoms with Crippen LogP contribution in [0.1, 0.15) is 57.2 Å². The van der Waals surface area contributed by atoms with Gasteiger partial charge in [0.1, 0.15) is 11.5 Å². The number of rotatable bonds is 11. The molecule has 0 aliphatic rings. The van der Waals surface area contributed by atoms with Crippen LogP contribution in [0.5, 0.6) is 11.5 Å². The number of carbonyl (C=O) groups is 1. The number of non-ortho nitro benzene ring substituents is 1. The molecular weight excluding hydrogens is 552 g/mol. The first-order valence-corrected chi connectivity index (χ1v) is 13.9. The van der Waals surface area contributed by atoms with Gasteiger partial charge >= 0.3 is 5.97 Å². The lowest BCUT2D eigenvalue weighted by molar-refractivity contribution is -0.384. The van der Waals surface area contributed by atoms with E-state index in [4.69, 9.17) is 19.2 Å². The minimum absolute atomic E-state index is 0.122. The summed E-state index contributed by atoms with van der Waals surface area (Å²) in [7, 11) is 0. The Morgan fingerprint density at radius 1 is 1.07 bits per heavy atom. The number of para-hydroxylation sites is 1.